The molecule has 2 atom stereocenters. The first-order valence-electron chi connectivity index (χ1n) is 7.48. The first-order valence-corrected chi connectivity index (χ1v) is 7.48. The van der Waals surface area contributed by atoms with E-state index in [0.29, 0.717) is 12.2 Å². The monoisotopic (exact) mass is 238 g/mol. The van der Waals surface area contributed by atoms with E-state index in [-0.39, 0.29) is 0 Å². The Morgan fingerprint density at radius 3 is 2.41 bits per heavy atom. The fourth-order valence-corrected chi connectivity index (χ4v) is 3.64. The zero-order valence-corrected chi connectivity index (χ0v) is 10.9. The van der Waals surface area contributed by atoms with Gasteiger partial charge in [0.25, 0.3) is 0 Å². The molecular formula is C14H26N2O. The second kappa shape index (κ2) is 5.68. The van der Waals surface area contributed by atoms with Crippen LogP contribution in [-0.2, 0) is 4.74 Å². The van der Waals surface area contributed by atoms with Gasteiger partial charge in [-0.25, -0.2) is 0 Å². The predicted molar refractivity (Wildman–Crippen MR) is 69.2 cm³/mol. The third-order valence-corrected chi connectivity index (χ3v) is 4.63. The van der Waals surface area contributed by atoms with E-state index in [0.717, 1.165) is 12.5 Å². The fourth-order valence-electron chi connectivity index (χ4n) is 3.64. The van der Waals surface area contributed by atoms with Crippen molar-refractivity contribution >= 4 is 0 Å². The van der Waals surface area contributed by atoms with Crippen LogP contribution in [0, 0.1) is 5.92 Å². The standard InChI is InChI=1S/C14H26N2O/c1-2-4-12(3-1)9-15-7-8-16-10-13-5-6-14(11-16)17-13/h12-15H,1-11H2. The smallest absolute Gasteiger partial charge is 0.0707 e. The Bertz CT molecular complexity index is 228. The average Bonchev–Trinajstić information content (AvgIpc) is 2.95. The summed E-state index contributed by atoms with van der Waals surface area (Å²) in [4.78, 5) is 2.59. The summed E-state index contributed by atoms with van der Waals surface area (Å²) in [6.07, 6.45) is 9.49. The molecule has 0 amide bonds. The molecule has 2 heterocycles. The summed E-state index contributed by atoms with van der Waals surface area (Å²) in [6, 6.07) is 0. The molecular weight excluding hydrogens is 212 g/mol. The summed E-state index contributed by atoms with van der Waals surface area (Å²) in [5.74, 6) is 0.968. The quantitative estimate of drug-likeness (QED) is 0.737. The van der Waals surface area contributed by atoms with Crippen molar-refractivity contribution in [2.24, 2.45) is 5.92 Å². The van der Waals surface area contributed by atoms with Crippen molar-refractivity contribution in [3.63, 3.8) is 0 Å². The lowest BCUT2D eigenvalue weighted by atomic mass is 10.1. The SMILES string of the molecule is C1CCC(CNCCN2CC3CCC(C2)O3)C1. The van der Waals surface area contributed by atoms with E-state index >= 15 is 0 Å². The third kappa shape index (κ3) is 3.21. The van der Waals surface area contributed by atoms with Gasteiger partial charge in [0.1, 0.15) is 0 Å². The Labute approximate surface area is 105 Å². The van der Waals surface area contributed by atoms with Gasteiger partial charge in [-0.1, -0.05) is 12.8 Å². The molecule has 3 heteroatoms. The van der Waals surface area contributed by atoms with Crippen LogP contribution in [0.4, 0.5) is 0 Å². The lowest BCUT2D eigenvalue weighted by Crippen LogP contribution is -2.45. The molecule has 1 N–H and O–H groups in total. The molecule has 2 saturated heterocycles. The molecule has 1 aliphatic carbocycles. The minimum absolute atomic E-state index is 0.545. The van der Waals surface area contributed by atoms with Gasteiger partial charge in [-0.15, -0.1) is 0 Å². The van der Waals surface area contributed by atoms with Crippen LogP contribution in [0.5, 0.6) is 0 Å². The Balaban J connectivity index is 1.29. The number of nitrogens with zero attached hydrogens (tertiary/aromatic N) is 1. The molecule has 2 unspecified atom stereocenters. The van der Waals surface area contributed by atoms with Crippen LogP contribution in [0.25, 0.3) is 0 Å². The maximum Gasteiger partial charge on any atom is 0.0707 e. The molecule has 3 fully saturated rings. The van der Waals surface area contributed by atoms with Crippen molar-refractivity contribution in [1.82, 2.24) is 10.2 Å². The molecule has 0 spiro atoms. The second-order valence-electron chi connectivity index (χ2n) is 6.07. The van der Waals surface area contributed by atoms with E-state index in [2.05, 4.69) is 10.2 Å². The molecule has 3 nitrogen and oxygen atoms in total. The minimum Gasteiger partial charge on any atom is -0.372 e. The highest BCUT2D eigenvalue weighted by atomic mass is 16.5. The van der Waals surface area contributed by atoms with Crippen molar-refractivity contribution < 1.29 is 4.74 Å². The third-order valence-electron chi connectivity index (χ3n) is 4.63. The average molecular weight is 238 g/mol. The van der Waals surface area contributed by atoms with E-state index in [4.69, 9.17) is 4.74 Å². The van der Waals surface area contributed by atoms with Crippen LogP contribution in [-0.4, -0.2) is 49.8 Å². The number of morpholine rings is 1. The summed E-state index contributed by atoms with van der Waals surface area (Å²) < 4.78 is 5.85. The molecule has 2 bridgehead atoms. The van der Waals surface area contributed by atoms with Gasteiger partial charge in [-0.3, -0.25) is 4.90 Å². The Morgan fingerprint density at radius 1 is 1.00 bits per heavy atom. The lowest BCUT2D eigenvalue weighted by molar-refractivity contribution is -0.0376. The van der Waals surface area contributed by atoms with Gasteiger partial charge in [0, 0.05) is 26.2 Å². The minimum atomic E-state index is 0.545. The van der Waals surface area contributed by atoms with Crippen molar-refractivity contribution in [2.45, 2.75) is 50.7 Å². The molecule has 0 aromatic rings. The van der Waals surface area contributed by atoms with Crippen molar-refractivity contribution in [3.05, 3.63) is 0 Å². The summed E-state index contributed by atoms with van der Waals surface area (Å²) >= 11 is 0. The predicted octanol–water partition coefficient (Wildman–Crippen LogP) is 1.63. The van der Waals surface area contributed by atoms with E-state index in [1.165, 1.54) is 64.7 Å². The molecule has 1 saturated carbocycles. The second-order valence-corrected chi connectivity index (χ2v) is 6.07. The van der Waals surface area contributed by atoms with Crippen LogP contribution >= 0.6 is 0 Å². The van der Waals surface area contributed by atoms with Gasteiger partial charge in [0.15, 0.2) is 0 Å². The summed E-state index contributed by atoms with van der Waals surface area (Å²) in [6.45, 7) is 5.96. The van der Waals surface area contributed by atoms with Gasteiger partial charge >= 0.3 is 0 Å². The molecule has 3 rings (SSSR count). The molecule has 0 radical (unpaired) electrons. The van der Waals surface area contributed by atoms with Crippen LogP contribution in [0.1, 0.15) is 38.5 Å². The largest absolute Gasteiger partial charge is 0.372 e. The highest BCUT2D eigenvalue weighted by molar-refractivity contribution is 4.85. The van der Waals surface area contributed by atoms with Gasteiger partial charge < -0.3 is 10.1 Å². The molecule has 2 aliphatic heterocycles. The summed E-state index contributed by atoms with van der Waals surface area (Å²) in [5.41, 5.74) is 0. The fraction of sp³-hybridized carbons (Fsp3) is 1.00. The van der Waals surface area contributed by atoms with E-state index < -0.39 is 0 Å². The van der Waals surface area contributed by atoms with E-state index in [1.807, 2.05) is 0 Å². The van der Waals surface area contributed by atoms with Crippen molar-refractivity contribution in [3.8, 4) is 0 Å². The van der Waals surface area contributed by atoms with Crippen LogP contribution in [0.15, 0.2) is 0 Å². The first kappa shape index (κ1) is 11.9. The highest BCUT2D eigenvalue weighted by Crippen LogP contribution is 2.26. The number of ether oxygens (including phenoxy) is 1. The first-order chi connectivity index (χ1) is 8.40. The van der Waals surface area contributed by atoms with E-state index in [1.54, 1.807) is 0 Å². The number of likely N-dealkylation sites (tertiary alicyclic amines) is 1. The number of hydrogen-bond acceptors (Lipinski definition) is 3. The molecule has 0 aromatic heterocycles. The van der Waals surface area contributed by atoms with E-state index in [9.17, 15) is 0 Å². The maximum absolute atomic E-state index is 5.85. The normalized spacial score (nSPS) is 34.6. The number of hydrogen-bond donors (Lipinski definition) is 1. The Morgan fingerprint density at radius 2 is 1.71 bits per heavy atom. The molecule has 98 valence electrons. The van der Waals surface area contributed by atoms with Crippen molar-refractivity contribution in [2.75, 3.05) is 32.7 Å². The Hall–Kier alpha value is -0.120. The van der Waals surface area contributed by atoms with Crippen molar-refractivity contribution in [1.29, 1.82) is 0 Å². The number of fused-ring (bicyclic) bond motifs is 2. The van der Waals surface area contributed by atoms with Gasteiger partial charge in [0.05, 0.1) is 12.2 Å². The molecule has 17 heavy (non-hydrogen) atoms. The molecule has 3 aliphatic rings. The highest BCUT2D eigenvalue weighted by Gasteiger charge is 2.33. The van der Waals surface area contributed by atoms with Gasteiger partial charge in [-0.2, -0.15) is 0 Å². The summed E-state index contributed by atoms with van der Waals surface area (Å²) in [5, 5.41) is 3.64. The zero-order chi connectivity index (χ0) is 11.5. The zero-order valence-electron chi connectivity index (χ0n) is 10.9. The summed E-state index contributed by atoms with van der Waals surface area (Å²) in [7, 11) is 0. The number of nitrogens with one attached hydrogen (secondary N) is 1. The van der Waals surface area contributed by atoms with Gasteiger partial charge in [-0.05, 0) is 38.1 Å². The van der Waals surface area contributed by atoms with Gasteiger partial charge in [0.2, 0.25) is 0 Å². The number of rotatable bonds is 5. The topological polar surface area (TPSA) is 24.5 Å². The lowest BCUT2D eigenvalue weighted by Gasteiger charge is -2.32. The van der Waals surface area contributed by atoms with Crippen LogP contribution in [0.3, 0.4) is 0 Å². The van der Waals surface area contributed by atoms with Crippen LogP contribution < -0.4 is 5.32 Å². The van der Waals surface area contributed by atoms with Crippen LogP contribution in [0.2, 0.25) is 0 Å². The molecule has 0 aromatic carbocycles. The Kier molecular flexibility index (Phi) is 3.99. The maximum atomic E-state index is 5.85.